The molecule has 1 saturated heterocycles. The lowest BCUT2D eigenvalue weighted by molar-refractivity contribution is -0.136. The van der Waals surface area contributed by atoms with Crippen molar-refractivity contribution in [3.05, 3.63) is 33.8 Å². The zero-order chi connectivity index (χ0) is 15.8. The minimum absolute atomic E-state index is 0.300. The molecule has 2 rings (SSSR count). The van der Waals surface area contributed by atoms with E-state index in [4.69, 9.17) is 40.5 Å². The van der Waals surface area contributed by atoms with E-state index in [1.165, 1.54) is 5.01 Å². The van der Waals surface area contributed by atoms with Gasteiger partial charge in [-0.2, -0.15) is 0 Å². The van der Waals surface area contributed by atoms with Gasteiger partial charge in [-0.25, -0.2) is 5.01 Å². The number of Topliss-reactive ketones (excluding diaryl/α,β-unsaturated/α-hetero) is 1. The largest absolute Gasteiger partial charge is 0.322 e. The van der Waals surface area contributed by atoms with Gasteiger partial charge in [0.2, 0.25) is 0 Å². The molecule has 1 aromatic carbocycles. The highest BCUT2D eigenvalue weighted by molar-refractivity contribution is 6.42. The smallest absolute Gasteiger partial charge is 0.185 e. The first kappa shape index (κ1) is 16.7. The van der Waals surface area contributed by atoms with Crippen LogP contribution in [0.2, 0.25) is 10.0 Å². The number of benzene rings is 1. The number of nitrogens with zero attached hydrogens (tertiary/aromatic N) is 1. The number of carbonyl (C=O) groups excluding carboxylic acids is 1. The number of hydrogen-bond donors (Lipinski definition) is 3. The Bertz CT molecular complexity index is 552. The summed E-state index contributed by atoms with van der Waals surface area (Å²) in [6.07, 6.45) is 1.51. The van der Waals surface area contributed by atoms with Gasteiger partial charge in [0.25, 0.3) is 0 Å². The van der Waals surface area contributed by atoms with Crippen LogP contribution in [0.5, 0.6) is 0 Å². The van der Waals surface area contributed by atoms with Gasteiger partial charge in [-0.05, 0) is 31.4 Å². The Morgan fingerprint density at radius 1 is 1.48 bits per heavy atom. The Balaban J connectivity index is 2.53. The van der Waals surface area contributed by atoms with Crippen LogP contribution in [0.4, 0.5) is 0 Å². The minimum Gasteiger partial charge on any atom is -0.322 e. The summed E-state index contributed by atoms with van der Waals surface area (Å²) < 4.78 is 0. The number of ketones is 1. The van der Waals surface area contributed by atoms with Gasteiger partial charge in [-0.3, -0.25) is 10.6 Å². The van der Waals surface area contributed by atoms with E-state index in [9.17, 15) is 4.79 Å². The standard InChI is InChI=1S/C14H20Cl2N4O/c1-8(17)13(21)14(18)10(5-3-7-20(14)19)9-4-2-6-11(15)12(9)16/h2,4,6,8,10H,3,5,7,17-19H2,1H3. The van der Waals surface area contributed by atoms with Crippen molar-refractivity contribution in [2.75, 3.05) is 6.54 Å². The van der Waals surface area contributed by atoms with Crippen molar-refractivity contribution >= 4 is 29.0 Å². The maximum atomic E-state index is 12.6. The third-order valence-corrected chi connectivity index (χ3v) is 4.90. The molecule has 0 radical (unpaired) electrons. The summed E-state index contributed by atoms with van der Waals surface area (Å²) >= 11 is 12.4. The maximum absolute atomic E-state index is 12.6. The van der Waals surface area contributed by atoms with E-state index in [0.29, 0.717) is 23.0 Å². The van der Waals surface area contributed by atoms with Crippen LogP contribution in [0, 0.1) is 0 Å². The van der Waals surface area contributed by atoms with Gasteiger partial charge in [0.15, 0.2) is 5.78 Å². The molecule has 1 heterocycles. The molecule has 7 heteroatoms. The topological polar surface area (TPSA) is 98.4 Å². The van der Waals surface area contributed by atoms with E-state index in [1.54, 1.807) is 19.1 Å². The molecule has 3 unspecified atom stereocenters. The fourth-order valence-electron chi connectivity index (χ4n) is 2.93. The fourth-order valence-corrected chi connectivity index (χ4v) is 3.37. The number of hydrazine groups is 1. The Morgan fingerprint density at radius 2 is 2.14 bits per heavy atom. The first-order valence-electron chi connectivity index (χ1n) is 6.85. The van der Waals surface area contributed by atoms with Crippen molar-refractivity contribution in [3.63, 3.8) is 0 Å². The molecule has 1 aromatic rings. The number of carbonyl (C=O) groups is 1. The quantitative estimate of drug-likeness (QED) is 0.731. The second-order valence-corrected chi connectivity index (χ2v) is 6.29. The Morgan fingerprint density at radius 3 is 2.76 bits per heavy atom. The second kappa shape index (κ2) is 6.20. The second-order valence-electron chi connectivity index (χ2n) is 5.51. The third-order valence-electron chi connectivity index (χ3n) is 4.06. The highest BCUT2D eigenvalue weighted by Crippen LogP contribution is 2.42. The predicted octanol–water partition coefficient (Wildman–Crippen LogP) is 1.62. The lowest BCUT2D eigenvalue weighted by atomic mass is 9.76. The molecule has 6 N–H and O–H groups in total. The third kappa shape index (κ3) is 2.82. The van der Waals surface area contributed by atoms with Crippen molar-refractivity contribution in [1.82, 2.24) is 5.01 Å². The van der Waals surface area contributed by atoms with Crippen molar-refractivity contribution < 1.29 is 4.79 Å². The first-order chi connectivity index (χ1) is 9.80. The van der Waals surface area contributed by atoms with Crippen molar-refractivity contribution in [2.45, 2.75) is 37.4 Å². The molecule has 0 aliphatic carbocycles. The van der Waals surface area contributed by atoms with E-state index in [2.05, 4.69) is 0 Å². The van der Waals surface area contributed by atoms with Gasteiger partial charge < -0.3 is 11.5 Å². The fraction of sp³-hybridized carbons (Fsp3) is 0.500. The molecule has 1 aliphatic heterocycles. The van der Waals surface area contributed by atoms with Crippen molar-refractivity contribution in [3.8, 4) is 0 Å². The molecular formula is C14H20Cl2N4O. The highest BCUT2D eigenvalue weighted by Gasteiger charge is 2.50. The number of piperidine rings is 1. The Labute approximate surface area is 134 Å². The van der Waals surface area contributed by atoms with Gasteiger partial charge >= 0.3 is 0 Å². The number of rotatable bonds is 3. The average molecular weight is 331 g/mol. The number of hydrogen-bond acceptors (Lipinski definition) is 5. The monoisotopic (exact) mass is 330 g/mol. The molecule has 0 amide bonds. The SMILES string of the molecule is CC(N)C(=O)C1(N)C(c2cccc(Cl)c2Cl)CCCN1N. The lowest BCUT2D eigenvalue weighted by Crippen LogP contribution is -2.72. The van der Waals surface area contributed by atoms with Gasteiger partial charge in [-0.15, -0.1) is 0 Å². The summed E-state index contributed by atoms with van der Waals surface area (Å²) in [5, 5.41) is 2.22. The zero-order valence-corrected chi connectivity index (χ0v) is 13.4. The van der Waals surface area contributed by atoms with Crippen molar-refractivity contribution in [2.24, 2.45) is 17.3 Å². The van der Waals surface area contributed by atoms with Crippen LogP contribution >= 0.6 is 23.2 Å². The molecular weight excluding hydrogens is 311 g/mol. The molecule has 1 aliphatic rings. The van der Waals surface area contributed by atoms with Crippen LogP contribution < -0.4 is 17.3 Å². The number of nitrogens with two attached hydrogens (primary N) is 3. The maximum Gasteiger partial charge on any atom is 0.185 e. The first-order valence-corrected chi connectivity index (χ1v) is 7.60. The highest BCUT2D eigenvalue weighted by atomic mass is 35.5. The van der Waals surface area contributed by atoms with Crippen LogP contribution in [0.3, 0.4) is 0 Å². The van der Waals surface area contributed by atoms with Crippen molar-refractivity contribution in [1.29, 1.82) is 0 Å². The van der Waals surface area contributed by atoms with Crippen LogP contribution in [-0.2, 0) is 4.79 Å². The molecule has 0 aromatic heterocycles. The van der Waals surface area contributed by atoms with Gasteiger partial charge in [-0.1, -0.05) is 35.3 Å². The Hall–Kier alpha value is -0.690. The summed E-state index contributed by atoms with van der Waals surface area (Å²) in [5.74, 6) is 5.38. The van der Waals surface area contributed by atoms with Crippen LogP contribution in [0.25, 0.3) is 0 Å². The molecule has 0 saturated carbocycles. The Kier molecular flexibility index (Phi) is 4.92. The van der Waals surface area contributed by atoms with E-state index < -0.39 is 11.7 Å². The van der Waals surface area contributed by atoms with E-state index in [1.807, 2.05) is 6.07 Å². The van der Waals surface area contributed by atoms with E-state index in [-0.39, 0.29) is 11.7 Å². The normalized spacial score (nSPS) is 28.4. The molecule has 1 fully saturated rings. The molecule has 0 spiro atoms. The van der Waals surface area contributed by atoms with E-state index in [0.717, 1.165) is 12.0 Å². The average Bonchev–Trinajstić information content (AvgIpc) is 2.44. The van der Waals surface area contributed by atoms with Crippen LogP contribution in [0.15, 0.2) is 18.2 Å². The number of halogens is 2. The molecule has 21 heavy (non-hydrogen) atoms. The lowest BCUT2D eigenvalue weighted by Gasteiger charge is -2.47. The summed E-state index contributed by atoms with van der Waals surface area (Å²) in [7, 11) is 0. The summed E-state index contributed by atoms with van der Waals surface area (Å²) in [6.45, 7) is 2.14. The minimum atomic E-state index is -1.37. The predicted molar refractivity (Wildman–Crippen MR) is 84.9 cm³/mol. The molecule has 116 valence electrons. The molecule has 3 atom stereocenters. The van der Waals surface area contributed by atoms with Crippen LogP contribution in [0.1, 0.15) is 31.2 Å². The molecule has 5 nitrogen and oxygen atoms in total. The van der Waals surface area contributed by atoms with Crippen LogP contribution in [-0.4, -0.2) is 29.0 Å². The van der Waals surface area contributed by atoms with E-state index >= 15 is 0 Å². The van der Waals surface area contributed by atoms with Gasteiger partial charge in [0, 0.05) is 12.5 Å². The summed E-state index contributed by atoms with van der Waals surface area (Å²) in [6, 6.07) is 4.60. The summed E-state index contributed by atoms with van der Waals surface area (Å²) in [5.41, 5.74) is 11.5. The molecule has 0 bridgehead atoms. The summed E-state index contributed by atoms with van der Waals surface area (Å²) in [4.78, 5) is 12.6. The zero-order valence-electron chi connectivity index (χ0n) is 11.9. The van der Waals surface area contributed by atoms with Gasteiger partial charge in [0.05, 0.1) is 16.1 Å². The van der Waals surface area contributed by atoms with Gasteiger partial charge in [0.1, 0.15) is 5.66 Å².